The van der Waals surface area contributed by atoms with Crippen LogP contribution in [-0.4, -0.2) is 17.3 Å². The van der Waals surface area contributed by atoms with E-state index in [1.807, 2.05) is 0 Å². The summed E-state index contributed by atoms with van der Waals surface area (Å²) in [7, 11) is 0. The normalized spacial score (nSPS) is 17.9. The second-order valence-electron chi connectivity index (χ2n) is 4.50. The molecule has 0 unspecified atom stereocenters. The second-order valence-corrected chi connectivity index (χ2v) is 4.50. The lowest BCUT2D eigenvalue weighted by molar-refractivity contribution is 0.0868. The zero-order chi connectivity index (χ0) is 12.5. The number of benzene rings is 1. The first-order chi connectivity index (χ1) is 8.06. The molecule has 0 aromatic heterocycles. The minimum absolute atomic E-state index is 0.0295. The summed E-state index contributed by atoms with van der Waals surface area (Å²) in [4.78, 5) is 0. The Bertz CT molecular complexity index is 413. The molecule has 1 aromatic rings. The maximum Gasteiger partial charge on any atom is 0.161 e. The van der Waals surface area contributed by atoms with Crippen LogP contribution in [0.2, 0.25) is 0 Å². The van der Waals surface area contributed by atoms with Crippen molar-refractivity contribution in [1.29, 1.82) is 0 Å². The topological polar surface area (TPSA) is 32.3 Å². The van der Waals surface area contributed by atoms with Crippen molar-refractivity contribution in [2.45, 2.75) is 31.3 Å². The first kappa shape index (κ1) is 12.4. The van der Waals surface area contributed by atoms with Crippen molar-refractivity contribution in [2.75, 3.05) is 6.61 Å². The predicted molar refractivity (Wildman–Crippen MR) is 56.8 cm³/mol. The van der Waals surface area contributed by atoms with Gasteiger partial charge in [-0.25, -0.2) is 13.2 Å². The molecule has 0 radical (unpaired) electrons. The first-order valence-electron chi connectivity index (χ1n) is 5.56. The van der Waals surface area contributed by atoms with Gasteiger partial charge in [0.15, 0.2) is 11.6 Å². The van der Waals surface area contributed by atoms with Crippen molar-refractivity contribution >= 4 is 0 Å². The zero-order valence-corrected chi connectivity index (χ0v) is 9.27. The molecule has 0 bridgehead atoms. The fraction of sp³-hybridized carbons (Fsp3) is 0.500. The Kier molecular flexibility index (Phi) is 3.40. The lowest BCUT2D eigenvalue weighted by Crippen LogP contribution is -2.53. The van der Waals surface area contributed by atoms with Crippen molar-refractivity contribution in [3.8, 4) is 0 Å². The molecule has 0 saturated heterocycles. The lowest BCUT2D eigenvalue weighted by atomic mass is 9.77. The Hall–Kier alpha value is -1.07. The van der Waals surface area contributed by atoms with Gasteiger partial charge < -0.3 is 10.4 Å². The van der Waals surface area contributed by atoms with Crippen molar-refractivity contribution in [2.24, 2.45) is 0 Å². The molecule has 17 heavy (non-hydrogen) atoms. The summed E-state index contributed by atoms with van der Waals surface area (Å²) < 4.78 is 39.0. The van der Waals surface area contributed by atoms with Gasteiger partial charge in [0.2, 0.25) is 0 Å². The molecule has 0 atom stereocenters. The maximum atomic E-state index is 13.3. The molecule has 0 spiro atoms. The van der Waals surface area contributed by atoms with Gasteiger partial charge in [-0.05, 0) is 25.3 Å². The summed E-state index contributed by atoms with van der Waals surface area (Å²) >= 11 is 0. The molecule has 0 heterocycles. The summed E-state index contributed by atoms with van der Waals surface area (Å²) in [5, 5.41) is 12.2. The Morgan fingerprint density at radius 2 is 1.76 bits per heavy atom. The fourth-order valence-corrected chi connectivity index (χ4v) is 1.98. The molecule has 1 saturated carbocycles. The average molecular weight is 245 g/mol. The van der Waals surface area contributed by atoms with Crippen LogP contribution >= 0.6 is 0 Å². The summed E-state index contributed by atoms with van der Waals surface area (Å²) in [6.07, 6.45) is 2.64. The van der Waals surface area contributed by atoms with Crippen LogP contribution in [0.25, 0.3) is 0 Å². The van der Waals surface area contributed by atoms with E-state index < -0.39 is 17.5 Å². The van der Waals surface area contributed by atoms with Crippen LogP contribution in [0.5, 0.6) is 0 Å². The van der Waals surface area contributed by atoms with Crippen LogP contribution in [0.15, 0.2) is 12.1 Å². The molecule has 1 aliphatic carbocycles. The van der Waals surface area contributed by atoms with E-state index in [1.165, 1.54) is 0 Å². The zero-order valence-electron chi connectivity index (χ0n) is 9.27. The quantitative estimate of drug-likeness (QED) is 0.796. The molecule has 2 rings (SSSR count). The van der Waals surface area contributed by atoms with Crippen LogP contribution in [0, 0.1) is 17.5 Å². The van der Waals surface area contributed by atoms with Crippen LogP contribution in [-0.2, 0) is 6.54 Å². The van der Waals surface area contributed by atoms with Gasteiger partial charge in [-0.3, -0.25) is 0 Å². The van der Waals surface area contributed by atoms with E-state index in [4.69, 9.17) is 0 Å². The van der Waals surface area contributed by atoms with Gasteiger partial charge >= 0.3 is 0 Å². The number of nitrogens with one attached hydrogen (secondary N) is 1. The highest BCUT2D eigenvalue weighted by Crippen LogP contribution is 2.31. The lowest BCUT2D eigenvalue weighted by Gasteiger charge is -2.41. The minimum Gasteiger partial charge on any atom is -0.394 e. The van der Waals surface area contributed by atoms with Crippen LogP contribution in [0.3, 0.4) is 0 Å². The third-order valence-electron chi connectivity index (χ3n) is 3.36. The minimum atomic E-state index is -1.19. The number of aliphatic hydroxyl groups excluding tert-OH is 1. The summed E-state index contributed by atoms with van der Waals surface area (Å²) in [6.45, 7) is 0.0574. The van der Waals surface area contributed by atoms with Gasteiger partial charge in [0.25, 0.3) is 0 Å². The number of rotatable bonds is 4. The van der Waals surface area contributed by atoms with E-state index in [9.17, 15) is 18.3 Å². The van der Waals surface area contributed by atoms with Gasteiger partial charge in [0.05, 0.1) is 6.61 Å². The second kappa shape index (κ2) is 4.66. The van der Waals surface area contributed by atoms with E-state index >= 15 is 0 Å². The van der Waals surface area contributed by atoms with E-state index in [2.05, 4.69) is 5.32 Å². The summed E-state index contributed by atoms with van der Waals surface area (Å²) in [5.74, 6) is -3.02. The summed E-state index contributed by atoms with van der Waals surface area (Å²) in [5.41, 5.74) is -0.305. The standard InChI is InChI=1S/C12H14F3NO/c13-9-5-11(15)10(14)4-8(9)6-16-12(7-17)2-1-3-12/h4-5,16-17H,1-3,6-7H2. The molecule has 0 aliphatic heterocycles. The highest BCUT2D eigenvalue weighted by atomic mass is 19.2. The Morgan fingerprint density at radius 3 is 2.29 bits per heavy atom. The fourth-order valence-electron chi connectivity index (χ4n) is 1.98. The van der Waals surface area contributed by atoms with Crippen molar-refractivity contribution < 1.29 is 18.3 Å². The maximum absolute atomic E-state index is 13.3. The van der Waals surface area contributed by atoms with E-state index in [1.54, 1.807) is 0 Å². The first-order valence-corrected chi connectivity index (χ1v) is 5.56. The Labute approximate surface area is 97.5 Å². The van der Waals surface area contributed by atoms with Gasteiger partial charge in [-0.1, -0.05) is 0 Å². The molecule has 5 heteroatoms. The number of hydrogen-bond donors (Lipinski definition) is 2. The van der Waals surface area contributed by atoms with Crippen LogP contribution in [0.1, 0.15) is 24.8 Å². The largest absolute Gasteiger partial charge is 0.394 e. The molecule has 1 aliphatic rings. The predicted octanol–water partition coefficient (Wildman–Crippen LogP) is 2.11. The highest BCUT2D eigenvalue weighted by Gasteiger charge is 2.35. The molecule has 0 amide bonds. The smallest absolute Gasteiger partial charge is 0.161 e. The van der Waals surface area contributed by atoms with Crippen LogP contribution < -0.4 is 5.32 Å². The third-order valence-corrected chi connectivity index (χ3v) is 3.36. The van der Waals surface area contributed by atoms with Crippen molar-refractivity contribution in [3.05, 3.63) is 35.1 Å². The van der Waals surface area contributed by atoms with Crippen LogP contribution in [0.4, 0.5) is 13.2 Å². The third kappa shape index (κ3) is 2.45. The molecule has 1 fully saturated rings. The van der Waals surface area contributed by atoms with Crippen molar-refractivity contribution in [3.63, 3.8) is 0 Å². The van der Waals surface area contributed by atoms with Gasteiger partial charge in [0, 0.05) is 23.7 Å². The molecular weight excluding hydrogens is 231 g/mol. The average Bonchev–Trinajstić information content (AvgIpc) is 2.24. The molecule has 1 aromatic carbocycles. The van der Waals surface area contributed by atoms with E-state index in [0.29, 0.717) is 6.07 Å². The number of hydrogen-bond acceptors (Lipinski definition) is 2. The Morgan fingerprint density at radius 1 is 1.12 bits per heavy atom. The molecule has 2 nitrogen and oxygen atoms in total. The van der Waals surface area contributed by atoms with E-state index in [-0.39, 0.29) is 24.3 Å². The highest BCUT2D eigenvalue weighted by molar-refractivity contribution is 5.20. The number of aliphatic hydroxyl groups is 1. The Balaban J connectivity index is 2.06. The SMILES string of the molecule is OCC1(NCc2cc(F)c(F)cc2F)CCC1. The molecule has 94 valence electrons. The van der Waals surface area contributed by atoms with E-state index in [0.717, 1.165) is 25.3 Å². The van der Waals surface area contributed by atoms with Gasteiger partial charge in [-0.2, -0.15) is 0 Å². The van der Waals surface area contributed by atoms with Gasteiger partial charge in [-0.15, -0.1) is 0 Å². The summed E-state index contributed by atoms with van der Waals surface area (Å²) in [6, 6.07) is 1.39. The van der Waals surface area contributed by atoms with Gasteiger partial charge in [0.1, 0.15) is 5.82 Å². The van der Waals surface area contributed by atoms with Crippen molar-refractivity contribution in [1.82, 2.24) is 5.32 Å². The molecular formula is C12H14F3NO. The monoisotopic (exact) mass is 245 g/mol. The number of halogens is 3. The molecule has 2 N–H and O–H groups in total.